The zero-order valence-corrected chi connectivity index (χ0v) is 10.6. The first-order chi connectivity index (χ1) is 8.13. The van der Waals surface area contributed by atoms with Crippen LogP contribution >= 0.6 is 11.6 Å². The van der Waals surface area contributed by atoms with Crippen LogP contribution in [-0.4, -0.2) is 9.78 Å². The minimum Gasteiger partial charge on any atom is -0.240 e. The van der Waals surface area contributed by atoms with Crippen molar-refractivity contribution in [2.45, 2.75) is 25.6 Å². The average Bonchev–Trinajstić information content (AvgIpc) is 2.77. The Morgan fingerprint density at radius 1 is 1.35 bits per heavy atom. The first-order valence-corrected chi connectivity index (χ1v) is 6.06. The molecule has 90 valence electrons. The summed E-state index contributed by atoms with van der Waals surface area (Å²) in [5.41, 5.74) is 2.16. The number of nitrogens with zero attached hydrogens (tertiary/aromatic N) is 2. The van der Waals surface area contributed by atoms with Gasteiger partial charge in [-0.3, -0.25) is 0 Å². The minimum absolute atomic E-state index is 0.138. The van der Waals surface area contributed by atoms with Gasteiger partial charge in [0.05, 0.1) is 17.3 Å². The average molecular weight is 253 g/mol. The van der Waals surface area contributed by atoms with E-state index in [0.29, 0.717) is 17.2 Å². The summed E-state index contributed by atoms with van der Waals surface area (Å²) < 4.78 is 15.3. The molecule has 1 aromatic carbocycles. The molecular weight excluding hydrogens is 239 g/mol. The molecule has 0 fully saturated rings. The second kappa shape index (κ2) is 4.88. The van der Waals surface area contributed by atoms with Gasteiger partial charge in [0.2, 0.25) is 0 Å². The van der Waals surface area contributed by atoms with Crippen molar-refractivity contribution in [2.24, 2.45) is 0 Å². The Balaban J connectivity index is 2.48. The zero-order valence-electron chi connectivity index (χ0n) is 9.82. The largest absolute Gasteiger partial charge is 0.240 e. The molecule has 2 nitrogen and oxygen atoms in total. The van der Waals surface area contributed by atoms with E-state index in [4.69, 9.17) is 11.6 Å². The molecule has 0 saturated heterocycles. The molecule has 2 rings (SSSR count). The van der Waals surface area contributed by atoms with Crippen molar-refractivity contribution in [1.82, 2.24) is 9.78 Å². The Kier molecular flexibility index (Phi) is 3.48. The highest BCUT2D eigenvalue weighted by Gasteiger charge is 2.11. The van der Waals surface area contributed by atoms with E-state index in [2.05, 4.69) is 18.9 Å². The van der Waals surface area contributed by atoms with Crippen LogP contribution in [0.25, 0.3) is 5.69 Å². The third-order valence-electron chi connectivity index (χ3n) is 2.68. The number of alkyl halides is 1. The molecular formula is C13H14ClFN2. The Labute approximate surface area is 105 Å². The number of hydrogen-bond acceptors (Lipinski definition) is 1. The van der Waals surface area contributed by atoms with Crippen molar-refractivity contribution in [3.05, 3.63) is 47.5 Å². The Morgan fingerprint density at radius 2 is 2.12 bits per heavy atom. The molecule has 0 amide bonds. The molecule has 0 bridgehead atoms. The summed E-state index contributed by atoms with van der Waals surface area (Å²) in [6.45, 7) is 4.14. The fraction of sp³-hybridized carbons (Fsp3) is 0.308. The van der Waals surface area contributed by atoms with Gasteiger partial charge in [-0.2, -0.15) is 5.10 Å². The molecule has 0 spiro atoms. The van der Waals surface area contributed by atoms with Crippen LogP contribution in [0.3, 0.4) is 0 Å². The Morgan fingerprint density at radius 3 is 2.71 bits per heavy atom. The highest BCUT2D eigenvalue weighted by atomic mass is 35.5. The number of aromatic nitrogens is 2. The standard InChI is InChI=1S/C13H14ClFN2/c1-9(2)12-6-7-17(16-12)13-5-3-4-11(15)10(13)8-14/h3-7,9H,8H2,1-2H3. The minimum atomic E-state index is -0.293. The van der Waals surface area contributed by atoms with E-state index in [1.54, 1.807) is 10.7 Å². The molecule has 2 aromatic rings. The summed E-state index contributed by atoms with van der Waals surface area (Å²) in [5, 5.41) is 4.42. The lowest BCUT2D eigenvalue weighted by molar-refractivity contribution is 0.613. The fourth-order valence-electron chi connectivity index (χ4n) is 1.67. The van der Waals surface area contributed by atoms with Gasteiger partial charge in [-0.25, -0.2) is 9.07 Å². The molecule has 0 aliphatic heterocycles. The van der Waals surface area contributed by atoms with Crippen molar-refractivity contribution in [1.29, 1.82) is 0 Å². The fourth-order valence-corrected chi connectivity index (χ4v) is 1.94. The van der Waals surface area contributed by atoms with Crippen LogP contribution in [0.4, 0.5) is 4.39 Å². The summed E-state index contributed by atoms with van der Waals surface area (Å²) in [7, 11) is 0. The summed E-state index contributed by atoms with van der Waals surface area (Å²) in [4.78, 5) is 0. The lowest BCUT2D eigenvalue weighted by Gasteiger charge is -2.08. The first kappa shape index (κ1) is 12.1. The van der Waals surface area contributed by atoms with Gasteiger partial charge in [-0.05, 0) is 24.1 Å². The van der Waals surface area contributed by atoms with Gasteiger partial charge < -0.3 is 0 Å². The number of hydrogen-bond donors (Lipinski definition) is 0. The van der Waals surface area contributed by atoms with Crippen molar-refractivity contribution in [2.75, 3.05) is 0 Å². The number of halogens is 2. The molecule has 4 heteroatoms. The van der Waals surface area contributed by atoms with Gasteiger partial charge in [0, 0.05) is 11.8 Å². The maximum absolute atomic E-state index is 13.6. The maximum atomic E-state index is 13.6. The van der Waals surface area contributed by atoms with Crippen LogP contribution in [0.15, 0.2) is 30.5 Å². The predicted molar refractivity (Wildman–Crippen MR) is 67.2 cm³/mol. The molecule has 0 saturated carbocycles. The van der Waals surface area contributed by atoms with Crippen LogP contribution in [0.2, 0.25) is 0 Å². The summed E-state index contributed by atoms with van der Waals surface area (Å²) in [5.74, 6) is 0.196. The lowest BCUT2D eigenvalue weighted by atomic mass is 10.1. The third kappa shape index (κ3) is 2.34. The number of benzene rings is 1. The molecule has 1 heterocycles. The van der Waals surface area contributed by atoms with Gasteiger partial charge >= 0.3 is 0 Å². The molecule has 17 heavy (non-hydrogen) atoms. The smallest absolute Gasteiger partial charge is 0.129 e. The molecule has 0 atom stereocenters. The molecule has 0 aliphatic carbocycles. The lowest BCUT2D eigenvalue weighted by Crippen LogP contribution is -2.02. The first-order valence-electron chi connectivity index (χ1n) is 5.52. The molecule has 0 radical (unpaired) electrons. The zero-order chi connectivity index (χ0) is 12.4. The second-order valence-electron chi connectivity index (χ2n) is 4.21. The Bertz CT molecular complexity index is 520. The van der Waals surface area contributed by atoms with E-state index < -0.39 is 0 Å². The summed E-state index contributed by atoms with van der Waals surface area (Å²) in [6.07, 6.45) is 1.83. The highest BCUT2D eigenvalue weighted by molar-refractivity contribution is 6.17. The van der Waals surface area contributed by atoms with Crippen molar-refractivity contribution >= 4 is 11.6 Å². The van der Waals surface area contributed by atoms with Crippen molar-refractivity contribution in [3.8, 4) is 5.69 Å². The van der Waals surface area contributed by atoms with Crippen LogP contribution in [0.1, 0.15) is 31.0 Å². The van der Waals surface area contributed by atoms with Gasteiger partial charge in [-0.15, -0.1) is 11.6 Å². The Hall–Kier alpha value is -1.35. The van der Waals surface area contributed by atoms with E-state index in [1.165, 1.54) is 6.07 Å². The van der Waals surface area contributed by atoms with Gasteiger partial charge in [0.15, 0.2) is 0 Å². The van der Waals surface area contributed by atoms with E-state index in [-0.39, 0.29) is 11.7 Å². The summed E-state index contributed by atoms with van der Waals surface area (Å²) in [6, 6.07) is 6.83. The quantitative estimate of drug-likeness (QED) is 0.758. The molecule has 1 aromatic heterocycles. The predicted octanol–water partition coefficient (Wildman–Crippen LogP) is 3.87. The molecule has 0 aliphatic rings. The highest BCUT2D eigenvalue weighted by Crippen LogP contribution is 2.21. The van der Waals surface area contributed by atoms with Gasteiger partial charge in [-0.1, -0.05) is 19.9 Å². The topological polar surface area (TPSA) is 17.8 Å². The third-order valence-corrected chi connectivity index (χ3v) is 2.94. The van der Waals surface area contributed by atoms with Crippen LogP contribution in [-0.2, 0) is 5.88 Å². The monoisotopic (exact) mass is 252 g/mol. The molecule has 0 unspecified atom stereocenters. The molecule has 0 N–H and O–H groups in total. The van der Waals surface area contributed by atoms with E-state index >= 15 is 0 Å². The normalized spacial score (nSPS) is 11.1. The van der Waals surface area contributed by atoms with E-state index in [1.807, 2.05) is 18.3 Å². The van der Waals surface area contributed by atoms with E-state index in [0.717, 1.165) is 5.69 Å². The van der Waals surface area contributed by atoms with E-state index in [9.17, 15) is 4.39 Å². The SMILES string of the molecule is CC(C)c1ccn(-c2cccc(F)c2CCl)n1. The number of rotatable bonds is 3. The van der Waals surface area contributed by atoms with Crippen molar-refractivity contribution in [3.63, 3.8) is 0 Å². The van der Waals surface area contributed by atoms with Crippen LogP contribution < -0.4 is 0 Å². The second-order valence-corrected chi connectivity index (χ2v) is 4.48. The van der Waals surface area contributed by atoms with Gasteiger partial charge in [0.1, 0.15) is 5.82 Å². The van der Waals surface area contributed by atoms with Crippen molar-refractivity contribution < 1.29 is 4.39 Å². The maximum Gasteiger partial charge on any atom is 0.129 e. The van der Waals surface area contributed by atoms with Gasteiger partial charge in [0.25, 0.3) is 0 Å². The van der Waals surface area contributed by atoms with Crippen LogP contribution in [0, 0.1) is 5.82 Å². The summed E-state index contributed by atoms with van der Waals surface area (Å²) >= 11 is 5.78. The van der Waals surface area contributed by atoms with Crippen LogP contribution in [0.5, 0.6) is 0 Å².